The van der Waals surface area contributed by atoms with Gasteiger partial charge in [0.15, 0.2) is 17.3 Å². The van der Waals surface area contributed by atoms with Crippen molar-refractivity contribution in [3.63, 3.8) is 0 Å². The number of nitrogens with zero attached hydrogens (tertiary/aromatic N) is 3. The van der Waals surface area contributed by atoms with Crippen LogP contribution < -0.4 is 15.0 Å². The van der Waals surface area contributed by atoms with E-state index < -0.39 is 23.3 Å². The van der Waals surface area contributed by atoms with E-state index in [0.29, 0.717) is 5.56 Å². The smallest absolute Gasteiger partial charge is 0.416 e. The van der Waals surface area contributed by atoms with E-state index in [4.69, 9.17) is 21.1 Å². The van der Waals surface area contributed by atoms with Gasteiger partial charge in [-0.15, -0.1) is 0 Å². The Hall–Kier alpha value is -5.16. The van der Waals surface area contributed by atoms with Gasteiger partial charge in [-0.3, -0.25) is 4.79 Å². The van der Waals surface area contributed by atoms with Crippen LogP contribution in [0.25, 0.3) is 22.3 Å². The highest BCUT2D eigenvalue weighted by Gasteiger charge is 2.31. The van der Waals surface area contributed by atoms with Gasteiger partial charge in [0, 0.05) is 22.2 Å². The number of aromatic carboxylic acids is 1. The van der Waals surface area contributed by atoms with Gasteiger partial charge in [0.2, 0.25) is 0 Å². The molecule has 12 heteroatoms. The van der Waals surface area contributed by atoms with Crippen LogP contribution in [-0.2, 0) is 12.8 Å². The van der Waals surface area contributed by atoms with Crippen LogP contribution in [0.2, 0.25) is 5.02 Å². The first kappa shape index (κ1) is 29.3. The zero-order valence-corrected chi connectivity index (χ0v) is 23.1. The number of rotatable bonds is 8. The average molecular weight is 608 g/mol. The number of ether oxygens (including phenoxy) is 2. The summed E-state index contributed by atoms with van der Waals surface area (Å²) in [6.07, 6.45) is -3.36. The number of aromatic nitrogens is 2. The fourth-order valence-electron chi connectivity index (χ4n) is 4.31. The third-order valence-electron chi connectivity index (χ3n) is 6.34. The number of carboxylic acid groups (broad SMARTS) is 1. The van der Waals surface area contributed by atoms with Gasteiger partial charge in [0.05, 0.1) is 35.4 Å². The molecule has 0 bridgehead atoms. The number of para-hydroxylation sites is 1. The van der Waals surface area contributed by atoms with E-state index in [1.54, 1.807) is 30.3 Å². The average Bonchev–Trinajstić information content (AvgIpc) is 2.99. The summed E-state index contributed by atoms with van der Waals surface area (Å²) in [6, 6.07) is 20.0. The molecule has 5 rings (SSSR count). The number of carbonyl (C=O) groups is 1. The maximum absolute atomic E-state index is 13.6. The molecule has 0 saturated carbocycles. The van der Waals surface area contributed by atoms with Gasteiger partial charge in [0.25, 0.3) is 5.56 Å². The molecule has 0 saturated heterocycles. The van der Waals surface area contributed by atoms with Crippen molar-refractivity contribution in [3.8, 4) is 22.9 Å². The molecule has 1 N–H and O–H groups in total. The monoisotopic (exact) mass is 607 g/mol. The normalized spacial score (nSPS) is 11.7. The second-order valence-corrected chi connectivity index (χ2v) is 9.65. The van der Waals surface area contributed by atoms with Crippen LogP contribution in [0.15, 0.2) is 94.8 Å². The number of benzene rings is 4. The highest BCUT2D eigenvalue weighted by atomic mass is 35.5. The van der Waals surface area contributed by atoms with Gasteiger partial charge in [-0.1, -0.05) is 48.0 Å². The van der Waals surface area contributed by atoms with Crippen LogP contribution in [0.4, 0.5) is 13.2 Å². The molecule has 1 heterocycles. The van der Waals surface area contributed by atoms with Crippen molar-refractivity contribution in [2.75, 3.05) is 7.11 Å². The molecule has 43 heavy (non-hydrogen) atoms. The minimum atomic E-state index is -4.62. The van der Waals surface area contributed by atoms with Crippen LogP contribution in [0.3, 0.4) is 0 Å². The fourth-order valence-corrected chi connectivity index (χ4v) is 4.53. The summed E-state index contributed by atoms with van der Waals surface area (Å²) in [5.74, 6) is -0.804. The first-order valence-corrected chi connectivity index (χ1v) is 13.0. The molecule has 1 aromatic heterocycles. The second-order valence-electron chi connectivity index (χ2n) is 9.21. The maximum atomic E-state index is 13.6. The number of fused-ring (bicyclic) bond motifs is 1. The van der Waals surface area contributed by atoms with E-state index in [9.17, 15) is 27.9 Å². The van der Waals surface area contributed by atoms with Crippen molar-refractivity contribution < 1.29 is 32.5 Å². The first-order valence-electron chi connectivity index (χ1n) is 12.6. The highest BCUT2D eigenvalue weighted by Crippen LogP contribution is 2.35. The predicted molar refractivity (Wildman–Crippen MR) is 155 cm³/mol. The topological polar surface area (TPSA) is 103 Å². The lowest BCUT2D eigenvalue weighted by Crippen LogP contribution is -2.20. The first-order chi connectivity index (χ1) is 20.5. The van der Waals surface area contributed by atoms with E-state index in [1.807, 2.05) is 0 Å². The van der Waals surface area contributed by atoms with Crippen molar-refractivity contribution in [1.29, 1.82) is 0 Å². The van der Waals surface area contributed by atoms with Crippen LogP contribution in [0.1, 0.15) is 27.0 Å². The van der Waals surface area contributed by atoms with E-state index >= 15 is 0 Å². The van der Waals surface area contributed by atoms with Crippen molar-refractivity contribution in [1.82, 2.24) is 9.66 Å². The summed E-state index contributed by atoms with van der Waals surface area (Å²) in [5, 5.41) is 14.1. The number of carboxylic acids is 1. The third-order valence-corrected chi connectivity index (χ3v) is 6.56. The van der Waals surface area contributed by atoms with Gasteiger partial charge in [0.1, 0.15) is 6.61 Å². The van der Waals surface area contributed by atoms with E-state index in [-0.39, 0.29) is 56.5 Å². The Morgan fingerprint density at radius 2 is 1.81 bits per heavy atom. The number of hydrogen-bond acceptors (Lipinski definition) is 6. The van der Waals surface area contributed by atoms with Crippen molar-refractivity contribution in [2.24, 2.45) is 5.10 Å². The van der Waals surface area contributed by atoms with Gasteiger partial charge in [-0.25, -0.2) is 9.78 Å². The largest absolute Gasteiger partial charge is 0.493 e. The van der Waals surface area contributed by atoms with Crippen molar-refractivity contribution >= 4 is 34.7 Å². The molecule has 8 nitrogen and oxygen atoms in total. The maximum Gasteiger partial charge on any atom is 0.416 e. The van der Waals surface area contributed by atoms with Gasteiger partial charge >= 0.3 is 12.1 Å². The Bertz CT molecular complexity index is 1940. The summed E-state index contributed by atoms with van der Waals surface area (Å²) in [5.41, 5.74) is -0.315. The zero-order valence-electron chi connectivity index (χ0n) is 22.3. The number of alkyl halides is 3. The summed E-state index contributed by atoms with van der Waals surface area (Å²) < 4.78 is 52.9. The number of halogens is 4. The molecule has 218 valence electrons. The van der Waals surface area contributed by atoms with Gasteiger partial charge < -0.3 is 14.6 Å². The van der Waals surface area contributed by atoms with Gasteiger partial charge in [-0.2, -0.15) is 22.9 Å². The van der Waals surface area contributed by atoms with Crippen LogP contribution in [-0.4, -0.2) is 34.1 Å². The molecule has 0 aliphatic carbocycles. The quantitative estimate of drug-likeness (QED) is 0.192. The summed E-state index contributed by atoms with van der Waals surface area (Å²) in [7, 11) is 1.40. The van der Waals surface area contributed by atoms with E-state index in [1.165, 1.54) is 55.8 Å². The van der Waals surface area contributed by atoms with Gasteiger partial charge in [-0.05, 0) is 48.0 Å². The van der Waals surface area contributed by atoms with Crippen LogP contribution in [0, 0.1) is 0 Å². The Morgan fingerprint density at radius 1 is 1.05 bits per heavy atom. The molecule has 0 fully saturated rings. The SMILES string of the molecule is COc1cc(Cl)cc(C=Nn2c(-c3cccc(C(F)(F)F)c3)nc3ccccc3c2=O)c1OCc1cccc(C(=O)O)c1. The Kier molecular flexibility index (Phi) is 8.18. The molecular formula is C31H21ClF3N3O5. The zero-order chi connectivity index (χ0) is 30.7. The lowest BCUT2D eigenvalue weighted by atomic mass is 10.1. The molecule has 4 aromatic carbocycles. The Morgan fingerprint density at radius 3 is 2.56 bits per heavy atom. The molecule has 5 aromatic rings. The highest BCUT2D eigenvalue weighted by molar-refractivity contribution is 6.31. The molecule has 0 aliphatic rings. The molecule has 0 atom stereocenters. The molecule has 0 aliphatic heterocycles. The lowest BCUT2D eigenvalue weighted by molar-refractivity contribution is -0.137. The Labute approximate surface area is 247 Å². The van der Waals surface area contributed by atoms with Crippen LogP contribution in [0.5, 0.6) is 11.5 Å². The molecule has 0 unspecified atom stereocenters. The molecule has 0 radical (unpaired) electrons. The Balaban J connectivity index is 1.62. The minimum Gasteiger partial charge on any atom is -0.493 e. The predicted octanol–water partition coefficient (Wildman–Crippen LogP) is 6.90. The number of hydrogen-bond donors (Lipinski definition) is 1. The number of methoxy groups -OCH3 is 1. The lowest BCUT2D eigenvalue weighted by Gasteiger charge is -2.15. The standard InChI is InChI=1S/C31H21ClF3N3O5/c1-42-26-15-23(32)14-21(27(26)43-17-18-6-4-8-20(12-18)30(40)41)16-36-38-28(19-7-5-9-22(13-19)31(33,34)35)37-25-11-3-2-10-24(25)29(38)39/h2-16H,17H2,1H3,(H,40,41). The van der Waals surface area contributed by atoms with E-state index in [0.717, 1.165) is 16.8 Å². The molecular weight excluding hydrogens is 587 g/mol. The van der Waals surface area contributed by atoms with Crippen molar-refractivity contribution in [3.05, 3.63) is 123 Å². The van der Waals surface area contributed by atoms with E-state index in [2.05, 4.69) is 10.1 Å². The van der Waals surface area contributed by atoms with Crippen molar-refractivity contribution in [2.45, 2.75) is 12.8 Å². The summed E-state index contributed by atoms with van der Waals surface area (Å²) in [6.45, 7) is -0.0487. The minimum absolute atomic E-state index is 0.0216. The van der Waals surface area contributed by atoms with Crippen LogP contribution >= 0.6 is 11.6 Å². The molecule has 0 amide bonds. The third kappa shape index (κ3) is 6.36. The second kappa shape index (κ2) is 12.0. The summed E-state index contributed by atoms with van der Waals surface area (Å²) >= 11 is 6.30. The molecule has 0 spiro atoms. The summed E-state index contributed by atoms with van der Waals surface area (Å²) in [4.78, 5) is 29.4. The fraction of sp³-hybridized carbons (Fsp3) is 0.0968.